The molecule has 1 unspecified atom stereocenters. The van der Waals surface area contributed by atoms with Crippen LogP contribution in [0.15, 0.2) is 41.3 Å². The van der Waals surface area contributed by atoms with Crippen LogP contribution < -0.4 is 10.1 Å². The van der Waals surface area contributed by atoms with Crippen molar-refractivity contribution in [2.24, 2.45) is 11.8 Å². The van der Waals surface area contributed by atoms with E-state index < -0.39 is 10.0 Å². The highest BCUT2D eigenvalue weighted by molar-refractivity contribution is 7.89. The van der Waals surface area contributed by atoms with Crippen LogP contribution in [0.2, 0.25) is 0 Å². The molecule has 0 radical (unpaired) electrons. The summed E-state index contributed by atoms with van der Waals surface area (Å²) in [4.78, 5) is 14.7. The van der Waals surface area contributed by atoms with Crippen molar-refractivity contribution in [3.63, 3.8) is 0 Å². The molecule has 0 heterocycles. The van der Waals surface area contributed by atoms with Gasteiger partial charge in [0.15, 0.2) is 0 Å². The maximum absolute atomic E-state index is 13.8. The van der Waals surface area contributed by atoms with Crippen molar-refractivity contribution >= 4 is 15.9 Å². The van der Waals surface area contributed by atoms with Gasteiger partial charge in [-0.25, -0.2) is 12.8 Å². The lowest BCUT2D eigenvalue weighted by Gasteiger charge is -2.37. The molecule has 10 heteroatoms. The fourth-order valence-electron chi connectivity index (χ4n) is 6.01. The van der Waals surface area contributed by atoms with E-state index in [0.717, 1.165) is 37.7 Å². The van der Waals surface area contributed by atoms with Gasteiger partial charge in [0.25, 0.3) is 0 Å². The predicted molar refractivity (Wildman–Crippen MR) is 159 cm³/mol. The first-order chi connectivity index (χ1) is 19.4. The summed E-state index contributed by atoms with van der Waals surface area (Å²) >= 11 is 0. The number of ether oxygens (including phenoxy) is 2. The summed E-state index contributed by atoms with van der Waals surface area (Å²) < 4.78 is 52.0. The van der Waals surface area contributed by atoms with E-state index in [1.165, 1.54) is 17.4 Å². The number of halogens is 1. The van der Waals surface area contributed by atoms with E-state index in [0.29, 0.717) is 35.3 Å². The summed E-state index contributed by atoms with van der Waals surface area (Å²) in [6.07, 6.45) is 5.24. The first-order valence-corrected chi connectivity index (χ1v) is 15.8. The van der Waals surface area contributed by atoms with Crippen molar-refractivity contribution in [3.8, 4) is 5.75 Å². The van der Waals surface area contributed by atoms with Gasteiger partial charge < -0.3 is 19.7 Å². The summed E-state index contributed by atoms with van der Waals surface area (Å²) in [5.74, 6) is 1.24. The van der Waals surface area contributed by atoms with E-state index in [1.807, 2.05) is 6.07 Å². The van der Waals surface area contributed by atoms with E-state index >= 15 is 0 Å². The normalized spacial score (nSPS) is 18.5. The monoisotopic (exact) mass is 591 g/mol. The molecule has 0 aromatic heterocycles. The summed E-state index contributed by atoms with van der Waals surface area (Å²) in [6, 6.07) is 10.5. The van der Waals surface area contributed by atoms with Crippen molar-refractivity contribution in [3.05, 3.63) is 58.9 Å². The first kappa shape index (κ1) is 33.0. The minimum atomic E-state index is -3.71. The number of aryl methyl sites for hydroxylation is 2. The molecule has 0 aliphatic heterocycles. The van der Waals surface area contributed by atoms with E-state index in [1.54, 1.807) is 45.2 Å². The molecule has 41 heavy (non-hydrogen) atoms. The Morgan fingerprint density at radius 2 is 1.73 bits per heavy atom. The van der Waals surface area contributed by atoms with Gasteiger partial charge in [0.05, 0.1) is 18.6 Å². The summed E-state index contributed by atoms with van der Waals surface area (Å²) in [6.45, 7) is 4.21. The Labute approximate surface area is 245 Å². The van der Waals surface area contributed by atoms with Crippen LogP contribution in [0.4, 0.5) is 4.39 Å². The molecule has 1 aliphatic carbocycles. The Bertz CT molecular complexity index is 1240. The highest BCUT2D eigenvalue weighted by Gasteiger charge is 2.30. The smallest absolute Gasteiger partial charge is 0.245 e. The highest BCUT2D eigenvalue weighted by Crippen LogP contribution is 2.40. The Kier molecular flexibility index (Phi) is 12.1. The molecule has 1 fully saturated rings. The zero-order valence-electron chi connectivity index (χ0n) is 25.3. The maximum atomic E-state index is 13.8. The van der Waals surface area contributed by atoms with E-state index in [4.69, 9.17) is 9.47 Å². The number of methoxy groups -OCH3 is 1. The van der Waals surface area contributed by atoms with E-state index in [2.05, 4.69) is 24.3 Å². The fraction of sp³-hybridized carbons (Fsp3) is 0.581. The lowest BCUT2D eigenvalue weighted by atomic mass is 9.75. The third-order valence-corrected chi connectivity index (χ3v) is 10.2. The molecule has 1 saturated carbocycles. The summed E-state index contributed by atoms with van der Waals surface area (Å²) in [5.41, 5.74) is 2.26. The number of sulfonamides is 1. The average molecular weight is 592 g/mol. The van der Waals surface area contributed by atoms with Crippen LogP contribution in [0.1, 0.15) is 54.8 Å². The van der Waals surface area contributed by atoms with Crippen molar-refractivity contribution in [2.45, 2.75) is 56.9 Å². The number of nitrogens with zero attached hydrogens (tertiary/aromatic N) is 2. The molecular weight excluding hydrogens is 545 g/mol. The third-order valence-electron chi connectivity index (χ3n) is 8.08. The van der Waals surface area contributed by atoms with Gasteiger partial charge in [0.1, 0.15) is 18.2 Å². The minimum absolute atomic E-state index is 0.111. The van der Waals surface area contributed by atoms with Crippen molar-refractivity contribution in [1.29, 1.82) is 0 Å². The zero-order valence-corrected chi connectivity index (χ0v) is 26.1. The number of hydrogen-bond donors (Lipinski definition) is 1. The molecule has 2 aromatic carbocycles. The Morgan fingerprint density at radius 1 is 1.07 bits per heavy atom. The molecule has 1 atom stereocenters. The van der Waals surface area contributed by atoms with Crippen LogP contribution in [-0.4, -0.2) is 78.1 Å². The average Bonchev–Trinajstić information content (AvgIpc) is 2.91. The Balaban J connectivity index is 1.35. The van der Waals surface area contributed by atoms with Gasteiger partial charge in [0.2, 0.25) is 15.9 Å². The van der Waals surface area contributed by atoms with Gasteiger partial charge in [-0.1, -0.05) is 25.0 Å². The van der Waals surface area contributed by atoms with Gasteiger partial charge in [-0.2, -0.15) is 4.31 Å². The Morgan fingerprint density at radius 3 is 2.32 bits per heavy atom. The minimum Gasteiger partial charge on any atom is -0.497 e. The van der Waals surface area contributed by atoms with Gasteiger partial charge >= 0.3 is 0 Å². The molecule has 0 saturated heterocycles. The van der Waals surface area contributed by atoms with Crippen LogP contribution >= 0.6 is 0 Å². The van der Waals surface area contributed by atoms with Crippen LogP contribution in [0.3, 0.4) is 0 Å². The molecule has 2 aromatic rings. The number of benzene rings is 2. The van der Waals surface area contributed by atoms with E-state index in [-0.39, 0.29) is 42.4 Å². The zero-order chi connectivity index (χ0) is 30.2. The summed E-state index contributed by atoms with van der Waals surface area (Å²) in [5, 5.41) is 2.93. The van der Waals surface area contributed by atoms with Crippen LogP contribution in [-0.2, 0) is 19.6 Å². The molecule has 228 valence electrons. The SMILES string of the molecule is COc1cc(C)c(S(=O)(=O)N(C)CCOCC(=O)NCCC2CCC(C(c3cccc(F)c3)N(C)C)CC2)c(C)c1. The van der Waals surface area contributed by atoms with Gasteiger partial charge in [0, 0.05) is 26.2 Å². The van der Waals surface area contributed by atoms with E-state index in [9.17, 15) is 17.6 Å². The maximum Gasteiger partial charge on any atom is 0.245 e. The number of hydrogen-bond acceptors (Lipinski definition) is 6. The predicted octanol–water partition coefficient (Wildman–Crippen LogP) is 4.70. The summed E-state index contributed by atoms with van der Waals surface area (Å²) in [7, 11) is 3.46. The second-order valence-electron chi connectivity index (χ2n) is 11.4. The number of rotatable bonds is 14. The molecule has 1 N–H and O–H groups in total. The molecule has 1 aliphatic rings. The molecule has 3 rings (SSSR count). The second kappa shape index (κ2) is 15.1. The second-order valence-corrected chi connectivity index (χ2v) is 13.3. The number of carbonyl (C=O) groups excluding carboxylic acids is 1. The number of amides is 1. The van der Waals surface area contributed by atoms with Crippen molar-refractivity contribution in [2.75, 3.05) is 54.6 Å². The standard InChI is InChI=1S/C31H46FN3O5S/c1-22-18-28(39-6)19-23(2)31(22)41(37,38)35(5)16-17-40-21-29(36)33-15-14-24-10-12-25(13-11-24)30(34(3)4)26-8-7-9-27(32)20-26/h7-9,18-20,24-25,30H,10-17,21H2,1-6H3,(H,33,36). The van der Waals surface area contributed by atoms with Crippen LogP contribution in [0, 0.1) is 31.5 Å². The molecule has 0 bridgehead atoms. The lowest BCUT2D eigenvalue weighted by Crippen LogP contribution is -2.34. The van der Waals surface area contributed by atoms with Gasteiger partial charge in [-0.3, -0.25) is 4.79 Å². The van der Waals surface area contributed by atoms with Crippen molar-refractivity contribution < 1.29 is 27.1 Å². The number of nitrogens with one attached hydrogen (secondary N) is 1. The molecular formula is C31H46FN3O5S. The molecule has 1 amide bonds. The van der Waals surface area contributed by atoms with Crippen molar-refractivity contribution in [1.82, 2.24) is 14.5 Å². The number of likely N-dealkylation sites (N-methyl/N-ethyl adjacent to an activating group) is 1. The molecule has 0 spiro atoms. The Hall–Kier alpha value is -2.53. The fourth-order valence-corrected chi connectivity index (χ4v) is 7.57. The van der Waals surface area contributed by atoms with Crippen LogP contribution in [0.5, 0.6) is 5.75 Å². The highest BCUT2D eigenvalue weighted by atomic mass is 32.2. The topological polar surface area (TPSA) is 88.2 Å². The van der Waals surface area contributed by atoms with Gasteiger partial charge in [-0.05, 0) is 100.0 Å². The first-order valence-electron chi connectivity index (χ1n) is 14.3. The van der Waals surface area contributed by atoms with Gasteiger partial charge in [-0.15, -0.1) is 0 Å². The third kappa shape index (κ3) is 8.98. The molecule has 8 nitrogen and oxygen atoms in total. The lowest BCUT2D eigenvalue weighted by molar-refractivity contribution is -0.125. The van der Waals surface area contributed by atoms with Crippen LogP contribution in [0.25, 0.3) is 0 Å². The largest absolute Gasteiger partial charge is 0.497 e. The number of carbonyl (C=O) groups is 1. The quantitative estimate of drug-likeness (QED) is 0.321.